The Morgan fingerprint density at radius 3 is 2.00 bits per heavy atom. The van der Waals surface area contributed by atoms with Crippen LogP contribution in [-0.2, 0) is 16.5 Å². The van der Waals surface area contributed by atoms with Crippen molar-refractivity contribution in [3.05, 3.63) is 29.8 Å². The van der Waals surface area contributed by atoms with Gasteiger partial charge >= 0.3 is 39.7 Å². The SMILES string of the molecule is CCCCCCCCCc1ccc(OS(=O)(=O)CCC)cc1.[H-].[Na+]. The second-order valence-electron chi connectivity index (χ2n) is 5.86. The van der Waals surface area contributed by atoms with Crippen molar-refractivity contribution in [2.75, 3.05) is 5.75 Å². The van der Waals surface area contributed by atoms with Gasteiger partial charge in [0.15, 0.2) is 0 Å². The molecule has 0 N–H and O–H groups in total. The fourth-order valence-corrected chi connectivity index (χ4v) is 3.42. The third-order valence-corrected chi connectivity index (χ3v) is 5.02. The maximum Gasteiger partial charge on any atom is 1.00 e. The van der Waals surface area contributed by atoms with Crippen LogP contribution in [0.1, 0.15) is 72.2 Å². The summed E-state index contributed by atoms with van der Waals surface area (Å²) in [4.78, 5) is 0. The van der Waals surface area contributed by atoms with Crippen LogP contribution in [0.5, 0.6) is 5.75 Å². The van der Waals surface area contributed by atoms with Crippen molar-refractivity contribution < 1.29 is 43.6 Å². The van der Waals surface area contributed by atoms with Crippen LogP contribution in [0.25, 0.3) is 0 Å². The van der Waals surface area contributed by atoms with Gasteiger partial charge in [-0.2, -0.15) is 8.42 Å². The van der Waals surface area contributed by atoms with E-state index in [-0.39, 0.29) is 36.7 Å². The van der Waals surface area contributed by atoms with E-state index in [9.17, 15) is 8.42 Å². The van der Waals surface area contributed by atoms with Gasteiger partial charge in [0.1, 0.15) is 5.75 Å². The van der Waals surface area contributed by atoms with E-state index in [4.69, 9.17) is 4.18 Å². The van der Waals surface area contributed by atoms with E-state index in [1.807, 2.05) is 19.1 Å². The van der Waals surface area contributed by atoms with Gasteiger partial charge in [0.05, 0.1) is 5.75 Å². The van der Waals surface area contributed by atoms with Crippen molar-refractivity contribution in [1.29, 1.82) is 0 Å². The Morgan fingerprint density at radius 2 is 1.43 bits per heavy atom. The smallest absolute Gasteiger partial charge is 1.00 e. The number of hydrogen-bond donors (Lipinski definition) is 0. The first-order valence-corrected chi connectivity index (χ1v) is 10.2. The van der Waals surface area contributed by atoms with E-state index >= 15 is 0 Å². The van der Waals surface area contributed by atoms with Crippen LogP contribution in [0, 0.1) is 0 Å². The predicted molar refractivity (Wildman–Crippen MR) is 94.0 cm³/mol. The molecule has 0 radical (unpaired) electrons. The molecule has 0 spiro atoms. The minimum Gasteiger partial charge on any atom is -1.00 e. The first-order valence-electron chi connectivity index (χ1n) is 8.58. The quantitative estimate of drug-likeness (QED) is 0.330. The Kier molecular flexibility index (Phi) is 13.3. The van der Waals surface area contributed by atoms with Gasteiger partial charge in [-0.3, -0.25) is 0 Å². The second kappa shape index (κ2) is 13.3. The van der Waals surface area contributed by atoms with Gasteiger partial charge in [0.25, 0.3) is 0 Å². The molecule has 0 aliphatic heterocycles. The minimum atomic E-state index is -3.43. The molecule has 0 amide bonds. The normalized spacial score (nSPS) is 11.0. The summed E-state index contributed by atoms with van der Waals surface area (Å²) in [5.41, 5.74) is 1.24. The molecule has 0 saturated carbocycles. The van der Waals surface area contributed by atoms with Crippen LogP contribution >= 0.6 is 0 Å². The van der Waals surface area contributed by atoms with E-state index < -0.39 is 10.1 Å². The van der Waals surface area contributed by atoms with Crippen molar-refractivity contribution in [3.63, 3.8) is 0 Å². The van der Waals surface area contributed by atoms with Crippen molar-refractivity contribution in [2.24, 2.45) is 0 Å². The Hall–Kier alpha value is -0.0300. The second-order valence-corrected chi connectivity index (χ2v) is 7.55. The fraction of sp³-hybridized carbons (Fsp3) is 0.667. The molecule has 0 unspecified atom stereocenters. The van der Waals surface area contributed by atoms with Gasteiger partial charge in [0.2, 0.25) is 0 Å². The summed E-state index contributed by atoms with van der Waals surface area (Å²) < 4.78 is 28.2. The number of hydrogen-bond acceptors (Lipinski definition) is 3. The van der Waals surface area contributed by atoms with E-state index in [1.54, 1.807) is 12.1 Å². The zero-order chi connectivity index (χ0) is 16.3. The van der Waals surface area contributed by atoms with Crippen LogP contribution in [0.2, 0.25) is 0 Å². The van der Waals surface area contributed by atoms with Gasteiger partial charge in [-0.15, -0.1) is 0 Å². The molecule has 128 valence electrons. The monoisotopic (exact) mass is 350 g/mol. The minimum absolute atomic E-state index is 0. The van der Waals surface area contributed by atoms with Gasteiger partial charge in [0, 0.05) is 0 Å². The van der Waals surface area contributed by atoms with Gasteiger partial charge in [-0.1, -0.05) is 64.5 Å². The molecule has 0 aromatic heterocycles. The van der Waals surface area contributed by atoms with Gasteiger partial charge < -0.3 is 5.61 Å². The Bertz CT molecular complexity index is 504. The molecule has 0 bridgehead atoms. The Labute approximate surface area is 166 Å². The molecule has 5 heteroatoms. The van der Waals surface area contributed by atoms with E-state index in [2.05, 4.69) is 6.92 Å². The molecule has 0 atom stereocenters. The summed E-state index contributed by atoms with van der Waals surface area (Å²) in [6, 6.07) is 7.44. The number of rotatable bonds is 12. The number of benzene rings is 1. The first kappa shape index (κ1) is 23.0. The summed E-state index contributed by atoms with van der Waals surface area (Å²) in [6.45, 7) is 4.06. The molecular weight excluding hydrogens is 319 g/mol. The molecule has 23 heavy (non-hydrogen) atoms. The average Bonchev–Trinajstić information content (AvgIpc) is 2.47. The number of unbranched alkanes of at least 4 members (excludes halogenated alkanes) is 6. The van der Waals surface area contributed by atoms with E-state index in [1.165, 1.54) is 50.5 Å². The third-order valence-electron chi connectivity index (χ3n) is 3.67. The van der Waals surface area contributed by atoms with Crippen LogP contribution in [0.4, 0.5) is 0 Å². The fourth-order valence-electron chi connectivity index (χ4n) is 2.44. The topological polar surface area (TPSA) is 43.4 Å². The van der Waals surface area contributed by atoms with Gasteiger partial charge in [-0.05, 0) is 37.0 Å². The Morgan fingerprint density at radius 1 is 0.870 bits per heavy atom. The molecule has 0 heterocycles. The average molecular weight is 351 g/mol. The van der Waals surface area contributed by atoms with Crippen molar-refractivity contribution in [1.82, 2.24) is 0 Å². The molecular formula is C18H31NaO3S. The molecule has 0 aliphatic rings. The molecule has 1 aromatic rings. The molecule has 1 rings (SSSR count). The summed E-state index contributed by atoms with van der Waals surface area (Å²) >= 11 is 0. The summed E-state index contributed by atoms with van der Waals surface area (Å²) in [5, 5.41) is 0. The Balaban J connectivity index is 0. The molecule has 0 aliphatic carbocycles. The molecule has 0 saturated heterocycles. The summed E-state index contributed by atoms with van der Waals surface area (Å²) in [7, 11) is -3.43. The maximum absolute atomic E-state index is 11.6. The predicted octanol–water partition coefficient (Wildman–Crippen LogP) is 2.21. The third kappa shape index (κ3) is 11.2. The first-order chi connectivity index (χ1) is 10.6. The van der Waals surface area contributed by atoms with Crippen molar-refractivity contribution in [3.8, 4) is 5.75 Å². The van der Waals surface area contributed by atoms with Crippen LogP contribution in [0.3, 0.4) is 0 Å². The zero-order valence-electron chi connectivity index (χ0n) is 16.0. The molecule has 0 fully saturated rings. The number of aryl methyl sites for hydroxylation is 1. The molecule has 3 nitrogen and oxygen atoms in total. The van der Waals surface area contributed by atoms with E-state index in [0.29, 0.717) is 12.2 Å². The molecule has 1 aromatic carbocycles. The van der Waals surface area contributed by atoms with Crippen molar-refractivity contribution in [2.45, 2.75) is 71.6 Å². The zero-order valence-corrected chi connectivity index (χ0v) is 17.8. The van der Waals surface area contributed by atoms with Crippen LogP contribution in [0.15, 0.2) is 24.3 Å². The summed E-state index contributed by atoms with van der Waals surface area (Å²) in [6.07, 6.45) is 10.7. The van der Waals surface area contributed by atoms with Crippen molar-refractivity contribution >= 4 is 10.1 Å². The van der Waals surface area contributed by atoms with Gasteiger partial charge in [-0.25, -0.2) is 0 Å². The van der Waals surface area contributed by atoms with Crippen LogP contribution < -0.4 is 33.7 Å². The summed E-state index contributed by atoms with van der Waals surface area (Å²) in [5.74, 6) is 0.476. The largest absolute Gasteiger partial charge is 1.00 e. The standard InChI is InChI=1S/C18H30O3S.Na.H/c1-3-5-6-7-8-9-10-11-17-12-14-18(15-13-17)21-22(19,20)16-4-2;;/h12-15H,3-11,16H2,1-2H3;;/q;+1;-1. The maximum atomic E-state index is 11.6. The van der Waals surface area contributed by atoms with Crippen LogP contribution in [-0.4, -0.2) is 14.2 Å². The van der Waals surface area contributed by atoms with E-state index in [0.717, 1.165) is 6.42 Å².